The summed E-state index contributed by atoms with van der Waals surface area (Å²) in [5, 5.41) is 7.21. The molecule has 1 aromatic carbocycles. The second kappa shape index (κ2) is 8.26. The first-order chi connectivity index (χ1) is 13.7. The molecule has 0 unspecified atom stereocenters. The Bertz CT molecular complexity index is 961. The van der Waals surface area contributed by atoms with Gasteiger partial charge in [-0.25, -0.2) is 0 Å². The van der Waals surface area contributed by atoms with Crippen molar-refractivity contribution in [2.24, 2.45) is 0 Å². The van der Waals surface area contributed by atoms with Crippen LogP contribution < -0.4 is 5.32 Å². The lowest BCUT2D eigenvalue weighted by Gasteiger charge is -2.22. The van der Waals surface area contributed by atoms with Crippen molar-refractivity contribution in [1.82, 2.24) is 19.7 Å². The maximum Gasteiger partial charge on any atom is 0.255 e. The Morgan fingerprint density at radius 3 is 2.71 bits per heavy atom. The lowest BCUT2D eigenvalue weighted by molar-refractivity contribution is -0.119. The molecule has 2 amide bonds. The maximum absolute atomic E-state index is 12.7. The zero-order valence-corrected chi connectivity index (χ0v) is 15.9. The van der Waals surface area contributed by atoms with Crippen LogP contribution in [-0.4, -0.2) is 49.2 Å². The zero-order chi connectivity index (χ0) is 19.3. The van der Waals surface area contributed by atoms with Gasteiger partial charge in [0.15, 0.2) is 5.82 Å². The predicted octanol–water partition coefficient (Wildman–Crippen LogP) is 2.48. The molecular formula is C20H19N5O2S. The number of carbonyl (C=O) groups excluding carboxylic acids is 2. The van der Waals surface area contributed by atoms with E-state index in [0.717, 1.165) is 5.69 Å². The lowest BCUT2D eigenvalue weighted by atomic mass is 10.1. The van der Waals surface area contributed by atoms with Gasteiger partial charge in [0.1, 0.15) is 6.04 Å². The first-order valence-electron chi connectivity index (χ1n) is 8.89. The molecular weight excluding hydrogens is 374 g/mol. The van der Waals surface area contributed by atoms with Crippen molar-refractivity contribution in [2.45, 2.75) is 12.6 Å². The van der Waals surface area contributed by atoms with Crippen LogP contribution in [0.2, 0.25) is 0 Å². The third-order valence-electron chi connectivity index (χ3n) is 4.41. The van der Waals surface area contributed by atoms with Gasteiger partial charge in [-0.15, -0.1) is 11.8 Å². The highest BCUT2D eigenvalue weighted by atomic mass is 32.2. The van der Waals surface area contributed by atoms with Gasteiger partial charge in [0.2, 0.25) is 5.91 Å². The first kappa shape index (κ1) is 18.2. The van der Waals surface area contributed by atoms with Crippen LogP contribution in [0.3, 0.4) is 0 Å². The van der Waals surface area contributed by atoms with E-state index in [9.17, 15) is 9.59 Å². The molecule has 4 rings (SSSR count). The van der Waals surface area contributed by atoms with Gasteiger partial charge in [0.25, 0.3) is 5.91 Å². The molecule has 3 heterocycles. The standard InChI is InChI=1S/C20H19N5O2S/c26-19(17-13-28-14-25(17)20(27)15-6-2-1-3-7-15)22-18-9-11-24(23-18)12-16-8-4-5-10-21-16/h1-11,17H,12-14H2,(H,22,23,26)/t17-/m0/s1. The van der Waals surface area contributed by atoms with Gasteiger partial charge >= 0.3 is 0 Å². The molecule has 0 spiro atoms. The summed E-state index contributed by atoms with van der Waals surface area (Å²) in [5.41, 5.74) is 1.47. The monoisotopic (exact) mass is 393 g/mol. The van der Waals surface area contributed by atoms with Gasteiger partial charge in [-0.2, -0.15) is 5.10 Å². The number of pyridine rings is 1. The number of amides is 2. The number of benzene rings is 1. The average molecular weight is 393 g/mol. The van der Waals surface area contributed by atoms with Gasteiger partial charge in [0.05, 0.1) is 18.1 Å². The van der Waals surface area contributed by atoms with Gasteiger partial charge in [-0.1, -0.05) is 24.3 Å². The molecule has 1 atom stereocenters. The molecule has 1 aliphatic heterocycles. The largest absolute Gasteiger partial charge is 0.317 e. The summed E-state index contributed by atoms with van der Waals surface area (Å²) >= 11 is 1.57. The Labute approximate surface area is 166 Å². The molecule has 7 nitrogen and oxygen atoms in total. The molecule has 8 heteroatoms. The summed E-state index contributed by atoms with van der Waals surface area (Å²) in [7, 11) is 0. The van der Waals surface area contributed by atoms with E-state index in [1.807, 2.05) is 36.4 Å². The highest BCUT2D eigenvalue weighted by Gasteiger charge is 2.35. The van der Waals surface area contributed by atoms with Crippen molar-refractivity contribution < 1.29 is 9.59 Å². The van der Waals surface area contributed by atoms with Crippen LogP contribution in [0.1, 0.15) is 16.1 Å². The molecule has 2 aromatic heterocycles. The third-order valence-corrected chi connectivity index (χ3v) is 5.42. The average Bonchev–Trinajstić information content (AvgIpc) is 3.38. The fourth-order valence-electron chi connectivity index (χ4n) is 2.99. The zero-order valence-electron chi connectivity index (χ0n) is 15.1. The van der Waals surface area contributed by atoms with Crippen molar-refractivity contribution in [3.63, 3.8) is 0 Å². The van der Waals surface area contributed by atoms with E-state index in [1.54, 1.807) is 51.9 Å². The van der Waals surface area contributed by atoms with E-state index in [1.165, 1.54) is 0 Å². The predicted molar refractivity (Wildman–Crippen MR) is 108 cm³/mol. The summed E-state index contributed by atoms with van der Waals surface area (Å²) < 4.78 is 1.72. The minimum absolute atomic E-state index is 0.133. The summed E-state index contributed by atoms with van der Waals surface area (Å²) in [6.07, 6.45) is 3.53. The first-order valence-corrected chi connectivity index (χ1v) is 10.0. The number of hydrogen-bond donors (Lipinski definition) is 1. The van der Waals surface area contributed by atoms with Crippen LogP contribution in [0, 0.1) is 0 Å². The second-order valence-corrected chi connectivity index (χ2v) is 7.37. The van der Waals surface area contributed by atoms with E-state index < -0.39 is 6.04 Å². The molecule has 28 heavy (non-hydrogen) atoms. The Hall–Kier alpha value is -3.13. The normalized spacial score (nSPS) is 16.1. The molecule has 0 saturated carbocycles. The van der Waals surface area contributed by atoms with Crippen molar-refractivity contribution in [1.29, 1.82) is 0 Å². The van der Waals surface area contributed by atoms with Gasteiger partial charge in [-0.05, 0) is 24.3 Å². The SMILES string of the molecule is O=C(Nc1ccn(Cc2ccccn2)n1)[C@@H]1CSCN1C(=O)c1ccccc1. The highest BCUT2D eigenvalue weighted by molar-refractivity contribution is 7.99. The number of nitrogens with one attached hydrogen (secondary N) is 1. The fraction of sp³-hybridized carbons (Fsp3) is 0.200. The third kappa shape index (κ3) is 4.07. The minimum atomic E-state index is -0.515. The van der Waals surface area contributed by atoms with Crippen molar-refractivity contribution in [3.05, 3.63) is 78.2 Å². The smallest absolute Gasteiger partial charge is 0.255 e. The Morgan fingerprint density at radius 1 is 1.11 bits per heavy atom. The van der Waals surface area contributed by atoms with E-state index in [4.69, 9.17) is 0 Å². The summed E-state index contributed by atoms with van der Waals surface area (Å²) in [5.74, 6) is 1.17. The number of anilines is 1. The topological polar surface area (TPSA) is 80.1 Å². The van der Waals surface area contributed by atoms with E-state index in [2.05, 4.69) is 15.4 Å². The molecule has 0 radical (unpaired) electrons. The number of hydrogen-bond acceptors (Lipinski definition) is 5. The molecule has 1 saturated heterocycles. The van der Waals surface area contributed by atoms with Crippen LogP contribution in [0.5, 0.6) is 0 Å². The number of nitrogens with zero attached hydrogens (tertiary/aromatic N) is 4. The second-order valence-electron chi connectivity index (χ2n) is 6.37. The van der Waals surface area contributed by atoms with Crippen molar-refractivity contribution >= 4 is 29.4 Å². The van der Waals surface area contributed by atoms with Crippen LogP contribution in [0.15, 0.2) is 67.0 Å². The number of carbonyl (C=O) groups is 2. The Kier molecular flexibility index (Phi) is 5.38. The molecule has 0 aliphatic carbocycles. The summed E-state index contributed by atoms with van der Waals surface area (Å²) in [6, 6.07) is 16.0. The van der Waals surface area contributed by atoms with Gasteiger partial charge < -0.3 is 10.2 Å². The Morgan fingerprint density at radius 2 is 1.93 bits per heavy atom. The van der Waals surface area contributed by atoms with Crippen LogP contribution in [0.4, 0.5) is 5.82 Å². The maximum atomic E-state index is 12.7. The van der Waals surface area contributed by atoms with E-state index in [-0.39, 0.29) is 11.8 Å². The molecule has 1 fully saturated rings. The lowest BCUT2D eigenvalue weighted by Crippen LogP contribution is -2.44. The van der Waals surface area contributed by atoms with Crippen LogP contribution in [-0.2, 0) is 11.3 Å². The fourth-order valence-corrected chi connectivity index (χ4v) is 4.14. The number of aromatic nitrogens is 3. The van der Waals surface area contributed by atoms with Crippen LogP contribution >= 0.6 is 11.8 Å². The molecule has 142 valence electrons. The molecule has 0 bridgehead atoms. The van der Waals surface area contributed by atoms with Crippen molar-refractivity contribution in [3.8, 4) is 0 Å². The quantitative estimate of drug-likeness (QED) is 0.720. The van der Waals surface area contributed by atoms with E-state index >= 15 is 0 Å². The van der Waals surface area contributed by atoms with Gasteiger partial charge in [0, 0.05) is 29.8 Å². The van der Waals surface area contributed by atoms with Crippen LogP contribution in [0.25, 0.3) is 0 Å². The van der Waals surface area contributed by atoms with E-state index in [0.29, 0.717) is 29.6 Å². The molecule has 3 aromatic rings. The number of thioether (sulfide) groups is 1. The van der Waals surface area contributed by atoms with Gasteiger partial charge in [-0.3, -0.25) is 19.3 Å². The minimum Gasteiger partial charge on any atom is -0.317 e. The Balaban J connectivity index is 1.41. The van der Waals surface area contributed by atoms with Crippen molar-refractivity contribution in [2.75, 3.05) is 16.9 Å². The summed E-state index contributed by atoms with van der Waals surface area (Å²) in [4.78, 5) is 31.4. The number of rotatable bonds is 5. The highest BCUT2D eigenvalue weighted by Crippen LogP contribution is 2.24. The molecule has 1 N–H and O–H groups in total. The molecule has 1 aliphatic rings. The summed E-state index contributed by atoms with van der Waals surface area (Å²) in [6.45, 7) is 0.522.